The summed E-state index contributed by atoms with van der Waals surface area (Å²) in [6, 6.07) is 15.3. The van der Waals surface area contributed by atoms with Crippen molar-refractivity contribution in [2.45, 2.75) is 13.8 Å². The Bertz CT molecular complexity index is 1130. The minimum Gasteiger partial charge on any atom is -0.545 e. The Morgan fingerprint density at radius 1 is 1.00 bits per heavy atom. The number of hydrogen-bond acceptors (Lipinski definition) is 6. The first-order valence-corrected chi connectivity index (χ1v) is 10.2. The van der Waals surface area contributed by atoms with Crippen molar-refractivity contribution in [1.82, 2.24) is 5.32 Å². The molecule has 0 radical (unpaired) electrons. The lowest BCUT2D eigenvalue weighted by Crippen LogP contribution is -2.30. The van der Waals surface area contributed by atoms with Crippen LogP contribution in [0.15, 0.2) is 77.0 Å². The van der Waals surface area contributed by atoms with Crippen molar-refractivity contribution in [3.63, 3.8) is 0 Å². The lowest BCUT2D eigenvalue weighted by atomic mass is 10.2. The van der Waals surface area contributed by atoms with E-state index in [0.717, 1.165) is 0 Å². The van der Waals surface area contributed by atoms with E-state index in [0.29, 0.717) is 35.3 Å². The molecule has 0 aliphatic heterocycles. The molecule has 0 saturated heterocycles. The third kappa shape index (κ3) is 6.83. The number of aromatic carboxylic acids is 1. The fourth-order valence-electron chi connectivity index (χ4n) is 2.72. The summed E-state index contributed by atoms with van der Waals surface area (Å²) in [5.41, 5.74) is 0.604. The predicted molar refractivity (Wildman–Crippen MR) is 120 cm³/mol. The zero-order valence-electron chi connectivity index (χ0n) is 18.2. The minimum atomic E-state index is -1.32. The number of rotatable bonds is 9. The van der Waals surface area contributed by atoms with Crippen molar-refractivity contribution in [2.75, 3.05) is 11.9 Å². The molecule has 33 heavy (non-hydrogen) atoms. The molecule has 0 atom stereocenters. The summed E-state index contributed by atoms with van der Waals surface area (Å²) < 4.78 is 10.9. The largest absolute Gasteiger partial charge is 0.545 e. The topological polar surface area (TPSA) is 121 Å². The molecule has 0 fully saturated rings. The third-order valence-electron chi connectivity index (χ3n) is 4.40. The number of amides is 2. The second kappa shape index (κ2) is 10.8. The summed E-state index contributed by atoms with van der Waals surface area (Å²) in [5, 5.41) is 16.1. The number of nitrogens with one attached hydrogen (secondary N) is 2. The molecular formula is C25H23N2O6-. The molecule has 0 aliphatic rings. The van der Waals surface area contributed by atoms with Crippen LogP contribution in [-0.4, -0.2) is 24.4 Å². The predicted octanol–water partition coefficient (Wildman–Crippen LogP) is 3.09. The van der Waals surface area contributed by atoms with E-state index in [4.69, 9.17) is 9.15 Å². The van der Waals surface area contributed by atoms with Gasteiger partial charge in [-0.25, -0.2) is 0 Å². The first-order valence-electron chi connectivity index (χ1n) is 10.2. The van der Waals surface area contributed by atoms with Gasteiger partial charge in [0.2, 0.25) is 0 Å². The standard InChI is InChI=1S/C25H24N2O6/c1-16(2)15-33-20-11-7-17(8-12-20)23(28)27-22(14-21-4-3-13-32-21)24(29)26-19-9-5-18(6-10-19)25(30)31/h3-14,16H,15H2,1-2H3,(H,26,29)(H,27,28)(H,30,31)/p-1/b22-14+. The highest BCUT2D eigenvalue weighted by Crippen LogP contribution is 2.15. The molecule has 2 N–H and O–H groups in total. The first kappa shape index (κ1) is 23.3. The Labute approximate surface area is 190 Å². The van der Waals surface area contributed by atoms with Gasteiger partial charge in [0.15, 0.2) is 0 Å². The molecule has 0 aliphatic carbocycles. The van der Waals surface area contributed by atoms with Crippen LogP contribution < -0.4 is 20.5 Å². The highest BCUT2D eigenvalue weighted by Gasteiger charge is 2.16. The molecule has 170 valence electrons. The molecule has 0 bridgehead atoms. The van der Waals surface area contributed by atoms with Gasteiger partial charge >= 0.3 is 0 Å². The number of carbonyl (C=O) groups excluding carboxylic acids is 3. The van der Waals surface area contributed by atoms with E-state index in [9.17, 15) is 19.5 Å². The monoisotopic (exact) mass is 447 g/mol. The van der Waals surface area contributed by atoms with Crippen LogP contribution in [0.25, 0.3) is 6.08 Å². The molecule has 8 nitrogen and oxygen atoms in total. The van der Waals surface area contributed by atoms with Gasteiger partial charge < -0.3 is 29.7 Å². The Kier molecular flexibility index (Phi) is 7.64. The summed E-state index contributed by atoms with van der Waals surface area (Å²) in [6.07, 6.45) is 2.83. The van der Waals surface area contributed by atoms with Gasteiger partial charge in [0.25, 0.3) is 11.8 Å². The Balaban J connectivity index is 1.74. The molecule has 3 aromatic rings. The number of carboxylic acid groups (broad SMARTS) is 1. The van der Waals surface area contributed by atoms with Crippen LogP contribution in [0.4, 0.5) is 5.69 Å². The van der Waals surface area contributed by atoms with E-state index < -0.39 is 17.8 Å². The quantitative estimate of drug-likeness (QED) is 0.486. The molecule has 0 spiro atoms. The Morgan fingerprint density at radius 3 is 2.24 bits per heavy atom. The van der Waals surface area contributed by atoms with Crippen LogP contribution in [0.1, 0.15) is 40.3 Å². The zero-order valence-corrected chi connectivity index (χ0v) is 18.2. The minimum absolute atomic E-state index is 0.0199. The number of furan rings is 1. The van der Waals surface area contributed by atoms with Crippen LogP contribution in [0, 0.1) is 5.92 Å². The summed E-state index contributed by atoms with van der Waals surface area (Å²) >= 11 is 0. The first-order chi connectivity index (χ1) is 15.8. The molecule has 0 saturated carbocycles. The van der Waals surface area contributed by atoms with Gasteiger partial charge in [0, 0.05) is 17.3 Å². The van der Waals surface area contributed by atoms with E-state index >= 15 is 0 Å². The number of ether oxygens (including phenoxy) is 1. The second-order valence-electron chi connectivity index (χ2n) is 7.58. The van der Waals surface area contributed by atoms with E-state index in [-0.39, 0.29) is 11.3 Å². The second-order valence-corrected chi connectivity index (χ2v) is 7.58. The number of benzene rings is 2. The van der Waals surface area contributed by atoms with Crippen molar-refractivity contribution < 1.29 is 28.6 Å². The van der Waals surface area contributed by atoms with Crippen molar-refractivity contribution in [1.29, 1.82) is 0 Å². The average molecular weight is 447 g/mol. The van der Waals surface area contributed by atoms with Crippen LogP contribution in [0.5, 0.6) is 5.75 Å². The van der Waals surface area contributed by atoms with Crippen LogP contribution >= 0.6 is 0 Å². The van der Waals surface area contributed by atoms with E-state index in [1.54, 1.807) is 36.4 Å². The van der Waals surface area contributed by atoms with Gasteiger partial charge in [0.05, 0.1) is 18.8 Å². The maximum atomic E-state index is 12.8. The fourth-order valence-corrected chi connectivity index (χ4v) is 2.72. The smallest absolute Gasteiger partial charge is 0.272 e. The van der Waals surface area contributed by atoms with E-state index in [1.807, 2.05) is 13.8 Å². The zero-order chi connectivity index (χ0) is 23.8. The molecule has 2 aromatic carbocycles. The maximum absolute atomic E-state index is 12.8. The molecule has 1 heterocycles. The van der Waals surface area contributed by atoms with Gasteiger partial charge in [-0.3, -0.25) is 9.59 Å². The van der Waals surface area contributed by atoms with Gasteiger partial charge in [-0.1, -0.05) is 26.0 Å². The lowest BCUT2D eigenvalue weighted by molar-refractivity contribution is -0.255. The fraction of sp³-hybridized carbons (Fsp3) is 0.160. The number of carbonyl (C=O) groups is 3. The average Bonchev–Trinajstić information content (AvgIpc) is 3.31. The SMILES string of the molecule is CC(C)COc1ccc(C(=O)N/C(=C/c2ccco2)C(=O)Nc2ccc(C(=O)[O-])cc2)cc1. The van der Waals surface area contributed by atoms with Gasteiger partial charge in [-0.2, -0.15) is 0 Å². The Hall–Kier alpha value is -4.33. The van der Waals surface area contributed by atoms with Crippen molar-refractivity contribution in [3.05, 3.63) is 89.5 Å². The summed E-state index contributed by atoms with van der Waals surface area (Å²) in [5.74, 6) is -1.05. The highest BCUT2D eigenvalue weighted by atomic mass is 16.5. The lowest BCUT2D eigenvalue weighted by Gasteiger charge is -2.12. The van der Waals surface area contributed by atoms with Crippen LogP contribution in [-0.2, 0) is 4.79 Å². The molecule has 2 amide bonds. The van der Waals surface area contributed by atoms with Gasteiger partial charge in [0.1, 0.15) is 17.2 Å². The van der Waals surface area contributed by atoms with Crippen molar-refractivity contribution >= 4 is 29.5 Å². The molecule has 8 heteroatoms. The molecule has 0 unspecified atom stereocenters. The molecule has 1 aromatic heterocycles. The highest BCUT2D eigenvalue weighted by molar-refractivity contribution is 6.10. The van der Waals surface area contributed by atoms with Gasteiger partial charge in [-0.15, -0.1) is 0 Å². The summed E-state index contributed by atoms with van der Waals surface area (Å²) in [4.78, 5) is 36.5. The van der Waals surface area contributed by atoms with Crippen molar-refractivity contribution in [3.8, 4) is 5.75 Å². The maximum Gasteiger partial charge on any atom is 0.272 e. The van der Waals surface area contributed by atoms with Gasteiger partial charge in [-0.05, 0) is 60.0 Å². The third-order valence-corrected chi connectivity index (χ3v) is 4.40. The summed E-state index contributed by atoms with van der Waals surface area (Å²) in [6.45, 7) is 4.64. The van der Waals surface area contributed by atoms with Crippen LogP contribution in [0.2, 0.25) is 0 Å². The number of hydrogen-bond donors (Lipinski definition) is 2. The molecular weight excluding hydrogens is 424 g/mol. The number of anilines is 1. The van der Waals surface area contributed by atoms with E-state index in [2.05, 4.69) is 10.6 Å². The van der Waals surface area contributed by atoms with E-state index in [1.165, 1.54) is 36.6 Å². The number of carboxylic acids is 1. The summed E-state index contributed by atoms with van der Waals surface area (Å²) in [7, 11) is 0. The van der Waals surface area contributed by atoms with Crippen LogP contribution in [0.3, 0.4) is 0 Å². The van der Waals surface area contributed by atoms with Crippen molar-refractivity contribution in [2.24, 2.45) is 5.92 Å². The molecule has 3 rings (SSSR count). The normalized spacial score (nSPS) is 11.2. The Morgan fingerprint density at radius 2 is 1.67 bits per heavy atom.